The van der Waals surface area contributed by atoms with Crippen molar-refractivity contribution in [1.29, 1.82) is 0 Å². The summed E-state index contributed by atoms with van der Waals surface area (Å²) in [5.41, 5.74) is 2.14. The lowest BCUT2D eigenvalue weighted by Gasteiger charge is -2.34. The number of hydrogen-bond donors (Lipinski definition) is 0. The van der Waals surface area contributed by atoms with E-state index in [9.17, 15) is 9.59 Å². The summed E-state index contributed by atoms with van der Waals surface area (Å²) >= 11 is 0. The summed E-state index contributed by atoms with van der Waals surface area (Å²) in [6.45, 7) is 3.14. The van der Waals surface area contributed by atoms with Crippen molar-refractivity contribution in [3.05, 3.63) is 59.5 Å². The van der Waals surface area contributed by atoms with Crippen LogP contribution in [0.5, 0.6) is 11.5 Å². The zero-order valence-electron chi connectivity index (χ0n) is 18.0. The van der Waals surface area contributed by atoms with Crippen LogP contribution in [0.1, 0.15) is 11.3 Å². The first kappa shape index (κ1) is 20.9. The van der Waals surface area contributed by atoms with Gasteiger partial charge in [0.15, 0.2) is 11.5 Å². The van der Waals surface area contributed by atoms with Gasteiger partial charge < -0.3 is 19.3 Å². The van der Waals surface area contributed by atoms with Gasteiger partial charge in [-0.15, -0.1) is 0 Å². The number of ether oxygens (including phenoxy) is 2. The molecular weight excluding hydrogens is 396 g/mol. The second-order valence-electron chi connectivity index (χ2n) is 7.60. The van der Waals surface area contributed by atoms with Crippen LogP contribution in [-0.2, 0) is 16.1 Å². The van der Waals surface area contributed by atoms with Crippen molar-refractivity contribution >= 4 is 17.4 Å². The number of amides is 2. The Hall–Kier alpha value is -3.39. The Labute approximate surface area is 181 Å². The largest absolute Gasteiger partial charge is 0.493 e. The van der Waals surface area contributed by atoms with E-state index in [1.807, 2.05) is 17.0 Å². The molecular formula is C23H26N4O4. The molecule has 4 rings (SSSR count). The number of carbonyl (C=O) groups excluding carboxylic acids is 2. The van der Waals surface area contributed by atoms with E-state index in [1.54, 1.807) is 44.7 Å². The van der Waals surface area contributed by atoms with E-state index in [-0.39, 0.29) is 18.4 Å². The van der Waals surface area contributed by atoms with Gasteiger partial charge in [-0.25, -0.2) is 0 Å². The molecule has 0 aliphatic carbocycles. The average Bonchev–Trinajstić information content (AvgIpc) is 3.04. The Morgan fingerprint density at radius 3 is 2.32 bits per heavy atom. The fraction of sp³-hybridized carbons (Fsp3) is 0.348. The Morgan fingerprint density at radius 2 is 1.68 bits per heavy atom. The third-order valence-corrected chi connectivity index (χ3v) is 5.68. The number of benzene rings is 1. The number of rotatable bonds is 6. The summed E-state index contributed by atoms with van der Waals surface area (Å²) in [6, 6.07) is 10.8. The van der Waals surface area contributed by atoms with E-state index in [1.165, 1.54) is 4.90 Å². The molecule has 0 bridgehead atoms. The van der Waals surface area contributed by atoms with Crippen molar-refractivity contribution in [2.24, 2.45) is 0 Å². The van der Waals surface area contributed by atoms with Crippen LogP contribution >= 0.6 is 0 Å². The lowest BCUT2D eigenvalue weighted by molar-refractivity contribution is -0.138. The van der Waals surface area contributed by atoms with Crippen LogP contribution in [0.2, 0.25) is 0 Å². The monoisotopic (exact) mass is 422 g/mol. The molecule has 0 unspecified atom stereocenters. The Balaban J connectivity index is 1.76. The van der Waals surface area contributed by atoms with Crippen molar-refractivity contribution in [3.63, 3.8) is 0 Å². The lowest BCUT2D eigenvalue weighted by atomic mass is 10.0. The third-order valence-electron chi connectivity index (χ3n) is 5.68. The van der Waals surface area contributed by atoms with Crippen LogP contribution in [0.25, 0.3) is 5.57 Å². The summed E-state index contributed by atoms with van der Waals surface area (Å²) in [5.74, 6) is 0.463. The molecule has 2 amide bonds. The van der Waals surface area contributed by atoms with E-state index in [4.69, 9.17) is 9.47 Å². The van der Waals surface area contributed by atoms with Gasteiger partial charge >= 0.3 is 0 Å². The predicted octanol–water partition coefficient (Wildman–Crippen LogP) is 1.63. The molecule has 2 aliphatic heterocycles. The zero-order chi connectivity index (χ0) is 22.0. The van der Waals surface area contributed by atoms with E-state index in [0.717, 1.165) is 13.1 Å². The highest BCUT2D eigenvalue weighted by atomic mass is 16.5. The van der Waals surface area contributed by atoms with Crippen LogP contribution < -0.4 is 9.47 Å². The SMILES string of the molecule is COc1ccc(C2=C(N3CCN(C)CC3)C(=O)N(Cc3ccccn3)C2=O)cc1OC. The Kier molecular flexibility index (Phi) is 5.90. The number of carbonyl (C=O) groups is 2. The normalized spacial score (nSPS) is 17.5. The van der Waals surface area contributed by atoms with Crippen molar-refractivity contribution in [1.82, 2.24) is 19.7 Å². The lowest BCUT2D eigenvalue weighted by Crippen LogP contribution is -2.46. The fourth-order valence-corrected chi connectivity index (χ4v) is 3.94. The number of aromatic nitrogens is 1. The number of methoxy groups -OCH3 is 2. The van der Waals surface area contributed by atoms with Gasteiger partial charge in [-0.05, 0) is 36.9 Å². The van der Waals surface area contributed by atoms with Crippen LogP contribution in [0.3, 0.4) is 0 Å². The highest BCUT2D eigenvalue weighted by Crippen LogP contribution is 2.37. The summed E-state index contributed by atoms with van der Waals surface area (Å²) in [5, 5.41) is 0. The maximum Gasteiger partial charge on any atom is 0.278 e. The number of likely N-dealkylation sites (N-methyl/N-ethyl adjacent to an activating group) is 1. The first-order valence-electron chi connectivity index (χ1n) is 10.2. The van der Waals surface area contributed by atoms with Gasteiger partial charge in [-0.3, -0.25) is 19.5 Å². The molecule has 1 fully saturated rings. The molecule has 2 aromatic rings. The Morgan fingerprint density at radius 1 is 0.935 bits per heavy atom. The summed E-state index contributed by atoms with van der Waals surface area (Å²) < 4.78 is 10.8. The van der Waals surface area contributed by atoms with Crippen molar-refractivity contribution in [2.45, 2.75) is 6.54 Å². The van der Waals surface area contributed by atoms with Crippen LogP contribution in [0, 0.1) is 0 Å². The second-order valence-corrected chi connectivity index (χ2v) is 7.60. The van der Waals surface area contributed by atoms with Crippen molar-refractivity contribution in [3.8, 4) is 11.5 Å². The first-order valence-corrected chi connectivity index (χ1v) is 10.2. The molecule has 1 aromatic heterocycles. The summed E-state index contributed by atoms with van der Waals surface area (Å²) in [4.78, 5) is 36.8. The minimum absolute atomic E-state index is 0.131. The molecule has 1 saturated heterocycles. The molecule has 8 heteroatoms. The summed E-state index contributed by atoms with van der Waals surface area (Å²) in [7, 11) is 5.16. The molecule has 162 valence electrons. The molecule has 1 aromatic carbocycles. The van der Waals surface area contributed by atoms with Gasteiger partial charge in [0.25, 0.3) is 11.8 Å². The molecule has 0 atom stereocenters. The van der Waals surface area contributed by atoms with Gasteiger partial charge in [0.05, 0.1) is 32.0 Å². The maximum atomic E-state index is 13.5. The number of imide groups is 1. The second kappa shape index (κ2) is 8.77. The number of pyridine rings is 1. The zero-order valence-corrected chi connectivity index (χ0v) is 18.0. The highest BCUT2D eigenvalue weighted by molar-refractivity contribution is 6.35. The van der Waals surface area contributed by atoms with Gasteiger partial charge in [-0.1, -0.05) is 12.1 Å². The number of hydrogen-bond acceptors (Lipinski definition) is 7. The summed E-state index contributed by atoms with van der Waals surface area (Å²) in [6.07, 6.45) is 1.66. The van der Waals surface area contributed by atoms with Gasteiger partial charge in [0.1, 0.15) is 5.70 Å². The highest BCUT2D eigenvalue weighted by Gasteiger charge is 2.42. The van der Waals surface area contributed by atoms with Crippen molar-refractivity contribution < 1.29 is 19.1 Å². The maximum absolute atomic E-state index is 13.5. The quantitative estimate of drug-likeness (QED) is 0.655. The molecule has 2 aliphatic rings. The topological polar surface area (TPSA) is 75.2 Å². The first-order chi connectivity index (χ1) is 15.0. The van der Waals surface area contributed by atoms with E-state index < -0.39 is 0 Å². The van der Waals surface area contributed by atoms with Gasteiger partial charge in [0, 0.05) is 32.4 Å². The van der Waals surface area contributed by atoms with Gasteiger partial charge in [0.2, 0.25) is 0 Å². The fourth-order valence-electron chi connectivity index (χ4n) is 3.94. The predicted molar refractivity (Wildman–Crippen MR) is 115 cm³/mol. The molecule has 0 radical (unpaired) electrons. The smallest absolute Gasteiger partial charge is 0.278 e. The molecule has 0 saturated carbocycles. The van der Waals surface area contributed by atoms with Gasteiger partial charge in [-0.2, -0.15) is 0 Å². The van der Waals surface area contributed by atoms with Crippen LogP contribution in [-0.4, -0.2) is 78.9 Å². The molecule has 3 heterocycles. The van der Waals surface area contributed by atoms with Crippen LogP contribution in [0.4, 0.5) is 0 Å². The minimum atomic E-state index is -0.322. The van der Waals surface area contributed by atoms with Crippen LogP contribution in [0.15, 0.2) is 48.3 Å². The van der Waals surface area contributed by atoms with E-state index in [2.05, 4.69) is 16.9 Å². The number of piperazine rings is 1. The van der Waals surface area contributed by atoms with E-state index >= 15 is 0 Å². The minimum Gasteiger partial charge on any atom is -0.493 e. The third kappa shape index (κ3) is 3.98. The molecule has 8 nitrogen and oxygen atoms in total. The van der Waals surface area contributed by atoms with E-state index in [0.29, 0.717) is 47.1 Å². The Bertz CT molecular complexity index is 1010. The van der Waals surface area contributed by atoms with Crippen molar-refractivity contribution in [2.75, 3.05) is 47.4 Å². The standard InChI is InChI=1S/C23H26N4O4/c1-25-10-12-26(13-11-25)21-20(16-7-8-18(30-2)19(14-16)31-3)22(28)27(23(21)29)15-17-6-4-5-9-24-17/h4-9,14H,10-13,15H2,1-3H3. The molecule has 31 heavy (non-hydrogen) atoms. The molecule has 0 N–H and O–H groups in total. The average molecular weight is 422 g/mol. The molecule has 0 spiro atoms. The number of nitrogens with zero attached hydrogens (tertiary/aromatic N) is 4.